The average Bonchev–Trinajstić information content (AvgIpc) is 2.45. The van der Waals surface area contributed by atoms with Crippen molar-refractivity contribution in [1.29, 1.82) is 0 Å². The Balaban J connectivity index is 2.59. The van der Waals surface area contributed by atoms with E-state index in [1.54, 1.807) is 0 Å². The van der Waals surface area contributed by atoms with Gasteiger partial charge in [-0.05, 0) is 12.0 Å². The number of rotatable bonds is 7. The highest BCUT2D eigenvalue weighted by atomic mass is 28.3. The van der Waals surface area contributed by atoms with Gasteiger partial charge >= 0.3 is 0 Å². The lowest BCUT2D eigenvalue weighted by molar-refractivity contribution is 0.181. The van der Waals surface area contributed by atoms with Crippen LogP contribution < -0.4 is 0 Å². The predicted octanol–water partition coefficient (Wildman–Crippen LogP) is 4.71. The van der Waals surface area contributed by atoms with Gasteiger partial charge in [-0.25, -0.2) is 0 Å². The number of aliphatic hydroxyl groups excluding tert-OH is 1. The van der Waals surface area contributed by atoms with Crippen molar-refractivity contribution >= 4 is 8.07 Å². The van der Waals surface area contributed by atoms with Gasteiger partial charge in [-0.3, -0.25) is 0 Å². The van der Waals surface area contributed by atoms with E-state index < -0.39 is 8.07 Å². The number of hydrogen-bond acceptors (Lipinski definition) is 1. The lowest BCUT2D eigenvalue weighted by Gasteiger charge is -2.23. The van der Waals surface area contributed by atoms with Crippen LogP contribution in [0.4, 0.5) is 0 Å². The summed E-state index contributed by atoms with van der Waals surface area (Å²) in [4.78, 5) is 0. The summed E-state index contributed by atoms with van der Waals surface area (Å²) >= 11 is 0. The molecular weight excluding hydrogens is 236 g/mol. The molecule has 2 heteroatoms. The molecule has 1 unspecified atom stereocenters. The highest BCUT2D eigenvalue weighted by Gasteiger charge is 2.22. The highest BCUT2D eigenvalue weighted by Crippen LogP contribution is 2.23. The Labute approximate surface area is 113 Å². The SMILES string of the molecule is CC[Si](/C=C/CC(O)c1ccccc1)(CC)CC. The van der Waals surface area contributed by atoms with E-state index in [0.717, 1.165) is 12.0 Å². The summed E-state index contributed by atoms with van der Waals surface area (Å²) < 4.78 is 0. The Morgan fingerprint density at radius 1 is 1.06 bits per heavy atom. The monoisotopic (exact) mass is 262 g/mol. The van der Waals surface area contributed by atoms with Gasteiger partial charge in [0.2, 0.25) is 0 Å². The summed E-state index contributed by atoms with van der Waals surface area (Å²) in [5.74, 6) is 0. The third-order valence-electron chi connectivity index (χ3n) is 4.13. The summed E-state index contributed by atoms with van der Waals surface area (Å²) in [6.45, 7) is 6.91. The molecule has 0 heterocycles. The van der Waals surface area contributed by atoms with Crippen LogP contribution in [0.25, 0.3) is 0 Å². The second-order valence-electron chi connectivity index (χ2n) is 4.99. The first kappa shape index (κ1) is 15.2. The van der Waals surface area contributed by atoms with E-state index in [1.807, 2.05) is 30.3 Å². The van der Waals surface area contributed by atoms with Crippen molar-refractivity contribution in [3.8, 4) is 0 Å². The third-order valence-corrected chi connectivity index (χ3v) is 9.30. The summed E-state index contributed by atoms with van der Waals surface area (Å²) in [6, 6.07) is 13.8. The number of benzene rings is 1. The molecule has 1 N–H and O–H groups in total. The topological polar surface area (TPSA) is 20.2 Å². The van der Waals surface area contributed by atoms with Gasteiger partial charge in [0.05, 0.1) is 14.2 Å². The van der Waals surface area contributed by atoms with Gasteiger partial charge in [0.15, 0.2) is 0 Å². The van der Waals surface area contributed by atoms with Crippen LogP contribution in [0, 0.1) is 0 Å². The van der Waals surface area contributed by atoms with E-state index in [9.17, 15) is 5.11 Å². The fraction of sp³-hybridized carbons (Fsp3) is 0.500. The fourth-order valence-corrected chi connectivity index (χ4v) is 5.20. The van der Waals surface area contributed by atoms with Crippen molar-refractivity contribution in [1.82, 2.24) is 0 Å². The third kappa shape index (κ3) is 4.11. The van der Waals surface area contributed by atoms with Crippen LogP contribution in [0.5, 0.6) is 0 Å². The zero-order valence-corrected chi connectivity index (χ0v) is 12.9. The molecule has 0 spiro atoms. The summed E-state index contributed by atoms with van der Waals surface area (Å²) in [5, 5.41) is 10.1. The smallest absolute Gasteiger partial charge is 0.0824 e. The Bertz CT molecular complexity index is 346. The van der Waals surface area contributed by atoms with Gasteiger partial charge in [0.1, 0.15) is 0 Å². The Morgan fingerprint density at radius 2 is 1.61 bits per heavy atom. The molecule has 0 saturated carbocycles. The summed E-state index contributed by atoms with van der Waals surface area (Å²) in [6.07, 6.45) is 2.58. The normalized spacial score (nSPS) is 14.0. The molecular formula is C16H26OSi. The second-order valence-corrected chi connectivity index (χ2v) is 10.2. The van der Waals surface area contributed by atoms with Crippen molar-refractivity contribution in [2.24, 2.45) is 0 Å². The van der Waals surface area contributed by atoms with E-state index in [0.29, 0.717) is 0 Å². The maximum atomic E-state index is 10.1. The van der Waals surface area contributed by atoms with Crippen LogP contribution in [-0.4, -0.2) is 13.2 Å². The molecule has 0 fully saturated rings. The molecule has 0 bridgehead atoms. The van der Waals surface area contributed by atoms with Crippen LogP contribution in [0.15, 0.2) is 42.1 Å². The lowest BCUT2D eigenvalue weighted by atomic mass is 10.1. The molecule has 0 aromatic heterocycles. The van der Waals surface area contributed by atoms with E-state index in [2.05, 4.69) is 32.5 Å². The molecule has 0 saturated heterocycles. The average molecular weight is 262 g/mol. The minimum Gasteiger partial charge on any atom is -0.388 e. The largest absolute Gasteiger partial charge is 0.388 e. The molecule has 1 aromatic carbocycles. The van der Waals surface area contributed by atoms with Gasteiger partial charge < -0.3 is 5.11 Å². The molecule has 0 amide bonds. The Morgan fingerprint density at radius 3 is 2.11 bits per heavy atom. The van der Waals surface area contributed by atoms with Crippen molar-refractivity contribution in [2.45, 2.75) is 51.4 Å². The molecule has 1 rings (SSSR count). The summed E-state index contributed by atoms with van der Waals surface area (Å²) in [5.41, 5.74) is 3.46. The molecule has 100 valence electrons. The van der Waals surface area contributed by atoms with Crippen molar-refractivity contribution < 1.29 is 5.11 Å². The molecule has 0 aliphatic heterocycles. The second kappa shape index (κ2) is 7.55. The Hall–Kier alpha value is -0.863. The Kier molecular flexibility index (Phi) is 6.37. The van der Waals surface area contributed by atoms with Crippen LogP contribution in [0.1, 0.15) is 38.9 Å². The maximum absolute atomic E-state index is 10.1. The zero-order valence-electron chi connectivity index (χ0n) is 11.9. The van der Waals surface area contributed by atoms with Crippen LogP contribution in [0.3, 0.4) is 0 Å². The van der Waals surface area contributed by atoms with E-state index >= 15 is 0 Å². The van der Waals surface area contributed by atoms with E-state index in [1.165, 1.54) is 18.1 Å². The number of hydrogen-bond donors (Lipinski definition) is 1. The standard InChI is InChI=1S/C16H26OSi/c1-4-18(5-2,6-3)14-10-13-16(17)15-11-8-7-9-12-15/h7-12,14,16-17H,4-6,13H2,1-3H3/b14-10+. The quantitative estimate of drug-likeness (QED) is 0.705. The van der Waals surface area contributed by atoms with Crippen molar-refractivity contribution in [2.75, 3.05) is 0 Å². The van der Waals surface area contributed by atoms with Gasteiger partial charge in [-0.1, -0.05) is 81.0 Å². The first-order valence-corrected chi connectivity index (χ1v) is 9.78. The molecule has 18 heavy (non-hydrogen) atoms. The molecule has 0 aliphatic rings. The van der Waals surface area contributed by atoms with Gasteiger partial charge in [-0.15, -0.1) is 0 Å². The highest BCUT2D eigenvalue weighted by molar-refractivity contribution is 6.84. The fourth-order valence-electron chi connectivity index (χ4n) is 2.36. The molecule has 1 nitrogen and oxygen atoms in total. The maximum Gasteiger partial charge on any atom is 0.0824 e. The van der Waals surface area contributed by atoms with Crippen LogP contribution in [0.2, 0.25) is 18.1 Å². The molecule has 0 aliphatic carbocycles. The number of aliphatic hydroxyl groups is 1. The van der Waals surface area contributed by atoms with Gasteiger partial charge in [0.25, 0.3) is 0 Å². The molecule has 1 atom stereocenters. The van der Waals surface area contributed by atoms with Crippen LogP contribution >= 0.6 is 0 Å². The first-order valence-electron chi connectivity index (χ1n) is 7.08. The lowest BCUT2D eigenvalue weighted by Crippen LogP contribution is -2.28. The minimum absolute atomic E-state index is 0.361. The van der Waals surface area contributed by atoms with E-state index in [-0.39, 0.29) is 6.10 Å². The van der Waals surface area contributed by atoms with Gasteiger partial charge in [-0.2, -0.15) is 0 Å². The summed E-state index contributed by atoms with van der Waals surface area (Å²) in [7, 11) is -1.18. The van der Waals surface area contributed by atoms with Crippen molar-refractivity contribution in [3.05, 3.63) is 47.7 Å². The van der Waals surface area contributed by atoms with E-state index in [4.69, 9.17) is 0 Å². The van der Waals surface area contributed by atoms with Crippen molar-refractivity contribution in [3.63, 3.8) is 0 Å². The van der Waals surface area contributed by atoms with Gasteiger partial charge in [0, 0.05) is 0 Å². The zero-order chi connectivity index (χ0) is 13.4. The molecule has 1 aromatic rings. The minimum atomic E-state index is -1.18. The molecule has 0 radical (unpaired) electrons. The predicted molar refractivity (Wildman–Crippen MR) is 82.4 cm³/mol. The first-order chi connectivity index (χ1) is 8.67. The van der Waals surface area contributed by atoms with Crippen LogP contribution in [-0.2, 0) is 0 Å².